The minimum absolute atomic E-state index is 0.757. The van der Waals surface area contributed by atoms with Crippen LogP contribution >= 0.6 is 27.3 Å². The number of piperidine rings is 1. The van der Waals surface area contributed by atoms with Gasteiger partial charge in [-0.1, -0.05) is 6.42 Å². The van der Waals surface area contributed by atoms with Gasteiger partial charge in [0.25, 0.3) is 0 Å². The maximum absolute atomic E-state index is 3.59. The molecule has 1 aliphatic rings. The molecule has 0 saturated carbocycles. The monoisotopic (exact) mass is 316 g/mol. The molecule has 96 valence electrons. The van der Waals surface area contributed by atoms with Crippen molar-refractivity contribution < 1.29 is 0 Å². The minimum Gasteiger partial charge on any atom is -0.316 e. The van der Waals surface area contributed by atoms with Crippen LogP contribution in [0.15, 0.2) is 15.9 Å². The normalized spacial score (nSPS) is 20.6. The highest BCUT2D eigenvalue weighted by Crippen LogP contribution is 2.19. The Kier molecular flexibility index (Phi) is 5.98. The zero-order valence-electron chi connectivity index (χ0n) is 10.2. The maximum atomic E-state index is 3.59. The van der Waals surface area contributed by atoms with Crippen LogP contribution in [0.3, 0.4) is 0 Å². The molecule has 0 spiro atoms. The summed E-state index contributed by atoms with van der Waals surface area (Å²) in [6.07, 6.45) is 6.54. The molecule has 0 aromatic carbocycles. The van der Waals surface area contributed by atoms with Gasteiger partial charge >= 0.3 is 0 Å². The Bertz CT molecular complexity index is 321. The lowest BCUT2D eigenvalue weighted by Crippen LogP contribution is -2.36. The topological polar surface area (TPSA) is 24.1 Å². The Morgan fingerprint density at radius 3 is 3.06 bits per heavy atom. The van der Waals surface area contributed by atoms with Gasteiger partial charge in [0.1, 0.15) is 0 Å². The Balaban J connectivity index is 1.51. The average molecular weight is 317 g/mol. The molecule has 1 atom stereocenters. The fourth-order valence-corrected chi connectivity index (χ4v) is 3.72. The van der Waals surface area contributed by atoms with Crippen LogP contribution in [0.2, 0.25) is 0 Å². The zero-order chi connectivity index (χ0) is 11.9. The first-order valence-electron chi connectivity index (χ1n) is 6.51. The molecule has 1 fully saturated rings. The van der Waals surface area contributed by atoms with Crippen molar-refractivity contribution in [3.63, 3.8) is 0 Å². The molecule has 1 saturated heterocycles. The van der Waals surface area contributed by atoms with Crippen LogP contribution in [-0.2, 0) is 6.42 Å². The van der Waals surface area contributed by atoms with Crippen LogP contribution in [0.5, 0.6) is 0 Å². The SMILES string of the molecule is Brc1csc(CCNCCC2CCCCN2)c1. The summed E-state index contributed by atoms with van der Waals surface area (Å²) in [4.78, 5) is 1.46. The lowest BCUT2D eigenvalue weighted by Gasteiger charge is -2.23. The van der Waals surface area contributed by atoms with Crippen LogP contribution in [0, 0.1) is 0 Å². The van der Waals surface area contributed by atoms with E-state index in [0.29, 0.717) is 0 Å². The standard InChI is InChI=1S/C13H21BrN2S/c14-11-9-13(17-10-11)5-8-15-7-4-12-3-1-2-6-16-12/h9-10,12,15-16H,1-8H2. The molecule has 2 heterocycles. The molecule has 0 bridgehead atoms. The van der Waals surface area contributed by atoms with Crippen molar-refractivity contribution in [1.29, 1.82) is 0 Å². The Labute approximate surface area is 116 Å². The van der Waals surface area contributed by atoms with Crippen molar-refractivity contribution >= 4 is 27.3 Å². The van der Waals surface area contributed by atoms with Gasteiger partial charge in [0.15, 0.2) is 0 Å². The molecule has 2 N–H and O–H groups in total. The summed E-state index contributed by atoms with van der Waals surface area (Å²) in [5, 5.41) is 9.28. The molecule has 2 rings (SSSR count). The van der Waals surface area contributed by atoms with E-state index in [1.54, 1.807) is 0 Å². The molecule has 1 unspecified atom stereocenters. The third-order valence-corrected chi connectivity index (χ3v) is 5.01. The van der Waals surface area contributed by atoms with E-state index in [1.807, 2.05) is 11.3 Å². The number of hydrogen-bond donors (Lipinski definition) is 2. The molecule has 1 aromatic rings. The summed E-state index contributed by atoms with van der Waals surface area (Å²) in [5.74, 6) is 0. The van der Waals surface area contributed by atoms with Gasteiger partial charge < -0.3 is 10.6 Å². The lowest BCUT2D eigenvalue weighted by atomic mass is 10.0. The number of halogens is 1. The van der Waals surface area contributed by atoms with Crippen molar-refractivity contribution in [3.8, 4) is 0 Å². The number of nitrogens with one attached hydrogen (secondary N) is 2. The van der Waals surface area contributed by atoms with Crippen LogP contribution < -0.4 is 10.6 Å². The second-order valence-electron chi connectivity index (χ2n) is 4.67. The zero-order valence-corrected chi connectivity index (χ0v) is 12.6. The Morgan fingerprint density at radius 2 is 2.35 bits per heavy atom. The number of rotatable bonds is 6. The number of hydrogen-bond acceptors (Lipinski definition) is 3. The third-order valence-electron chi connectivity index (χ3n) is 3.25. The average Bonchev–Trinajstić information content (AvgIpc) is 2.76. The largest absolute Gasteiger partial charge is 0.316 e. The van der Waals surface area contributed by atoms with Crippen LogP contribution in [0.1, 0.15) is 30.6 Å². The quantitative estimate of drug-likeness (QED) is 0.788. The van der Waals surface area contributed by atoms with Crippen molar-refractivity contribution in [2.45, 2.75) is 38.1 Å². The fraction of sp³-hybridized carbons (Fsp3) is 0.692. The molecule has 0 aliphatic carbocycles. The van der Waals surface area contributed by atoms with E-state index >= 15 is 0 Å². The van der Waals surface area contributed by atoms with Gasteiger partial charge in [0, 0.05) is 20.8 Å². The smallest absolute Gasteiger partial charge is 0.0285 e. The van der Waals surface area contributed by atoms with E-state index in [1.165, 1.54) is 41.6 Å². The van der Waals surface area contributed by atoms with E-state index < -0.39 is 0 Å². The van der Waals surface area contributed by atoms with Crippen molar-refractivity contribution in [1.82, 2.24) is 10.6 Å². The first kappa shape index (κ1) is 13.5. The molecule has 1 aliphatic heterocycles. The van der Waals surface area contributed by atoms with Crippen LogP contribution in [0.25, 0.3) is 0 Å². The van der Waals surface area contributed by atoms with Crippen molar-refractivity contribution in [2.24, 2.45) is 0 Å². The number of thiophene rings is 1. The summed E-state index contributed by atoms with van der Waals surface area (Å²) in [6.45, 7) is 3.46. The fourth-order valence-electron chi connectivity index (χ4n) is 2.27. The highest BCUT2D eigenvalue weighted by atomic mass is 79.9. The molecule has 4 heteroatoms. The minimum atomic E-state index is 0.757. The van der Waals surface area contributed by atoms with Gasteiger partial charge in [-0.3, -0.25) is 0 Å². The summed E-state index contributed by atoms with van der Waals surface area (Å²) in [5.41, 5.74) is 0. The molecular formula is C13H21BrN2S. The Hall–Kier alpha value is 0.1000. The second-order valence-corrected chi connectivity index (χ2v) is 6.58. The van der Waals surface area contributed by atoms with Gasteiger partial charge in [-0.05, 0) is 67.3 Å². The Morgan fingerprint density at radius 1 is 1.41 bits per heavy atom. The summed E-state index contributed by atoms with van der Waals surface area (Å²) < 4.78 is 1.21. The van der Waals surface area contributed by atoms with Crippen LogP contribution in [-0.4, -0.2) is 25.7 Å². The van der Waals surface area contributed by atoms with Crippen molar-refractivity contribution in [2.75, 3.05) is 19.6 Å². The van der Waals surface area contributed by atoms with E-state index in [9.17, 15) is 0 Å². The van der Waals surface area contributed by atoms with E-state index in [2.05, 4.69) is 38.0 Å². The third kappa shape index (κ3) is 5.08. The predicted octanol–water partition coefficient (Wildman–Crippen LogP) is 3.17. The van der Waals surface area contributed by atoms with Gasteiger partial charge in [0.05, 0.1) is 0 Å². The first-order valence-corrected chi connectivity index (χ1v) is 8.19. The lowest BCUT2D eigenvalue weighted by molar-refractivity contribution is 0.377. The molecule has 0 radical (unpaired) electrons. The second kappa shape index (κ2) is 7.52. The maximum Gasteiger partial charge on any atom is 0.0285 e. The molecule has 17 heavy (non-hydrogen) atoms. The molecule has 0 amide bonds. The van der Waals surface area contributed by atoms with E-state index in [-0.39, 0.29) is 0 Å². The van der Waals surface area contributed by atoms with Gasteiger partial charge in [-0.2, -0.15) is 0 Å². The summed E-state index contributed by atoms with van der Waals surface area (Å²) in [7, 11) is 0. The summed E-state index contributed by atoms with van der Waals surface area (Å²) in [6, 6.07) is 2.97. The van der Waals surface area contributed by atoms with E-state index in [0.717, 1.165) is 25.6 Å². The predicted molar refractivity (Wildman–Crippen MR) is 78.9 cm³/mol. The summed E-state index contributed by atoms with van der Waals surface area (Å²) >= 11 is 5.33. The molecule has 1 aromatic heterocycles. The van der Waals surface area contributed by atoms with Crippen molar-refractivity contribution in [3.05, 3.63) is 20.8 Å². The van der Waals surface area contributed by atoms with E-state index in [4.69, 9.17) is 0 Å². The van der Waals surface area contributed by atoms with Gasteiger partial charge in [0.2, 0.25) is 0 Å². The molecule has 2 nitrogen and oxygen atoms in total. The van der Waals surface area contributed by atoms with Gasteiger partial charge in [-0.25, -0.2) is 0 Å². The first-order chi connectivity index (χ1) is 8.34. The highest BCUT2D eigenvalue weighted by molar-refractivity contribution is 9.10. The van der Waals surface area contributed by atoms with Gasteiger partial charge in [-0.15, -0.1) is 11.3 Å². The highest BCUT2D eigenvalue weighted by Gasteiger charge is 2.11. The van der Waals surface area contributed by atoms with Crippen LogP contribution in [0.4, 0.5) is 0 Å². The molecular weight excluding hydrogens is 296 g/mol.